The Bertz CT molecular complexity index is 1170. The summed E-state index contributed by atoms with van der Waals surface area (Å²) in [6.07, 6.45) is -0.122. The Kier molecular flexibility index (Phi) is 8.95. The molecule has 0 aliphatic carbocycles. The largest absolute Gasteiger partial charge is 0.489 e. The lowest BCUT2D eigenvalue weighted by molar-refractivity contribution is -0.142. The number of nitrogens with one attached hydrogen (secondary N) is 2. The van der Waals surface area contributed by atoms with E-state index in [1.54, 1.807) is 30.3 Å². The van der Waals surface area contributed by atoms with Gasteiger partial charge in [-0.1, -0.05) is 60.7 Å². The van der Waals surface area contributed by atoms with Crippen molar-refractivity contribution in [2.45, 2.75) is 38.5 Å². The molecule has 3 aromatic carbocycles. The highest BCUT2D eigenvalue weighted by Crippen LogP contribution is 2.17. The molecule has 0 fully saturated rings. The highest BCUT2D eigenvalue weighted by Gasteiger charge is 2.27. The van der Waals surface area contributed by atoms with Crippen molar-refractivity contribution in [2.24, 2.45) is 0 Å². The first-order valence-corrected chi connectivity index (χ1v) is 11.1. The summed E-state index contributed by atoms with van der Waals surface area (Å²) < 4.78 is 19.9. The van der Waals surface area contributed by atoms with Crippen LogP contribution in [0.4, 0.5) is 4.39 Å². The zero-order chi connectivity index (χ0) is 25.2. The molecule has 2 amide bonds. The van der Waals surface area contributed by atoms with E-state index in [-0.39, 0.29) is 18.4 Å². The molecule has 35 heavy (non-hydrogen) atoms. The lowest BCUT2D eigenvalue weighted by Gasteiger charge is -2.21. The summed E-state index contributed by atoms with van der Waals surface area (Å²) in [5.74, 6) is -2.39. The minimum Gasteiger partial charge on any atom is -0.489 e. The number of rotatable bonds is 11. The van der Waals surface area contributed by atoms with Crippen molar-refractivity contribution in [2.75, 3.05) is 0 Å². The Hall–Kier alpha value is -4.20. The van der Waals surface area contributed by atoms with Gasteiger partial charge >= 0.3 is 5.97 Å². The molecule has 0 bridgehead atoms. The molecule has 0 radical (unpaired) electrons. The van der Waals surface area contributed by atoms with Gasteiger partial charge in [0, 0.05) is 19.8 Å². The van der Waals surface area contributed by atoms with Crippen LogP contribution >= 0.6 is 0 Å². The maximum Gasteiger partial charge on any atom is 0.326 e. The van der Waals surface area contributed by atoms with Gasteiger partial charge in [0.05, 0.1) is 0 Å². The second-order valence-corrected chi connectivity index (χ2v) is 8.07. The van der Waals surface area contributed by atoms with Crippen LogP contribution in [0, 0.1) is 5.82 Å². The SMILES string of the molecule is CC(=O)N[C@H](Cc1ccccc1F)C(=O)N[C@@H](Cc1cccc(OCc2ccccc2)c1)C(=O)O. The van der Waals surface area contributed by atoms with Gasteiger partial charge in [0.2, 0.25) is 11.8 Å². The first-order valence-electron chi connectivity index (χ1n) is 11.1. The van der Waals surface area contributed by atoms with Crippen molar-refractivity contribution in [1.82, 2.24) is 10.6 Å². The van der Waals surface area contributed by atoms with E-state index in [4.69, 9.17) is 4.74 Å². The fourth-order valence-corrected chi connectivity index (χ4v) is 3.55. The van der Waals surface area contributed by atoms with Gasteiger partial charge in [-0.05, 0) is 34.9 Å². The summed E-state index contributed by atoms with van der Waals surface area (Å²) in [4.78, 5) is 36.4. The van der Waals surface area contributed by atoms with Gasteiger partial charge < -0.3 is 20.5 Å². The van der Waals surface area contributed by atoms with Gasteiger partial charge in [0.25, 0.3) is 0 Å². The monoisotopic (exact) mass is 478 g/mol. The summed E-state index contributed by atoms with van der Waals surface area (Å²) >= 11 is 0. The number of amides is 2. The third-order valence-corrected chi connectivity index (χ3v) is 5.28. The van der Waals surface area contributed by atoms with Crippen molar-refractivity contribution in [3.8, 4) is 5.75 Å². The molecule has 0 saturated heterocycles. The Balaban J connectivity index is 1.68. The number of carboxylic acids is 1. The highest BCUT2D eigenvalue weighted by molar-refractivity contribution is 5.90. The molecule has 0 unspecified atom stereocenters. The van der Waals surface area contributed by atoms with Crippen LogP contribution in [0.15, 0.2) is 78.9 Å². The van der Waals surface area contributed by atoms with Crippen LogP contribution in [0.5, 0.6) is 5.75 Å². The maximum atomic E-state index is 14.1. The molecule has 3 rings (SSSR count). The number of benzene rings is 3. The predicted molar refractivity (Wildman–Crippen MR) is 128 cm³/mol. The topological polar surface area (TPSA) is 105 Å². The first-order chi connectivity index (χ1) is 16.8. The average molecular weight is 479 g/mol. The van der Waals surface area contributed by atoms with Crippen molar-refractivity contribution in [1.29, 1.82) is 0 Å². The van der Waals surface area contributed by atoms with Crippen LogP contribution in [0.3, 0.4) is 0 Å². The molecule has 0 aliphatic rings. The minimum absolute atomic E-state index is 0.00387. The van der Waals surface area contributed by atoms with Gasteiger partial charge in [0.15, 0.2) is 0 Å². The van der Waals surface area contributed by atoms with Crippen molar-refractivity contribution < 1.29 is 28.6 Å². The summed E-state index contributed by atoms with van der Waals surface area (Å²) in [6, 6.07) is 20.1. The van der Waals surface area contributed by atoms with Crippen molar-refractivity contribution in [3.63, 3.8) is 0 Å². The Morgan fingerprint density at radius 3 is 2.23 bits per heavy atom. The number of hydrogen-bond acceptors (Lipinski definition) is 4. The van der Waals surface area contributed by atoms with Crippen molar-refractivity contribution in [3.05, 3.63) is 101 Å². The second kappa shape index (κ2) is 12.3. The van der Waals surface area contributed by atoms with Gasteiger partial charge in [-0.15, -0.1) is 0 Å². The predicted octanol–water partition coefficient (Wildman–Crippen LogP) is 3.26. The molecule has 2 atom stereocenters. The van der Waals surface area contributed by atoms with E-state index in [2.05, 4.69) is 10.6 Å². The zero-order valence-electron chi connectivity index (χ0n) is 19.2. The van der Waals surface area contributed by atoms with E-state index < -0.39 is 35.7 Å². The van der Waals surface area contributed by atoms with Crippen LogP contribution in [0.1, 0.15) is 23.6 Å². The van der Waals surface area contributed by atoms with Crippen LogP contribution in [-0.4, -0.2) is 35.0 Å². The molecule has 0 aliphatic heterocycles. The van der Waals surface area contributed by atoms with Gasteiger partial charge in [-0.2, -0.15) is 0 Å². The number of ether oxygens (including phenoxy) is 1. The molecule has 182 valence electrons. The quantitative estimate of drug-likeness (QED) is 0.392. The summed E-state index contributed by atoms with van der Waals surface area (Å²) in [6.45, 7) is 1.59. The van der Waals surface area contributed by atoms with Crippen molar-refractivity contribution >= 4 is 17.8 Å². The highest BCUT2D eigenvalue weighted by atomic mass is 19.1. The van der Waals surface area contributed by atoms with E-state index in [9.17, 15) is 23.9 Å². The number of carboxylic acid groups (broad SMARTS) is 1. The molecular weight excluding hydrogens is 451 g/mol. The van der Waals surface area contributed by atoms with Gasteiger partial charge in [-0.25, -0.2) is 9.18 Å². The smallest absolute Gasteiger partial charge is 0.326 e. The van der Waals surface area contributed by atoms with Crippen LogP contribution in [-0.2, 0) is 33.8 Å². The van der Waals surface area contributed by atoms with E-state index in [1.807, 2.05) is 30.3 Å². The molecular formula is C27H27FN2O5. The fraction of sp³-hybridized carbons (Fsp3) is 0.222. The average Bonchev–Trinajstić information content (AvgIpc) is 2.84. The Morgan fingerprint density at radius 2 is 1.54 bits per heavy atom. The molecule has 3 N–H and O–H groups in total. The molecule has 3 aromatic rings. The van der Waals surface area contributed by atoms with Crippen LogP contribution in [0.25, 0.3) is 0 Å². The molecule has 0 spiro atoms. The third kappa shape index (κ3) is 7.96. The molecule has 0 saturated carbocycles. The number of halogens is 1. The normalized spacial score (nSPS) is 12.3. The molecule has 0 heterocycles. The Labute approximate surface area is 202 Å². The molecule has 8 heteroatoms. The first kappa shape index (κ1) is 25.4. The lowest BCUT2D eigenvalue weighted by Crippen LogP contribution is -2.52. The lowest BCUT2D eigenvalue weighted by atomic mass is 10.0. The van der Waals surface area contributed by atoms with E-state index in [0.29, 0.717) is 17.9 Å². The van der Waals surface area contributed by atoms with Crippen LogP contribution in [0.2, 0.25) is 0 Å². The van der Waals surface area contributed by atoms with Crippen LogP contribution < -0.4 is 15.4 Å². The number of carbonyl (C=O) groups is 3. The standard InChI is InChI=1S/C27H27FN2O5/c1-18(31)29-24(16-21-11-5-6-13-23(21)28)26(32)30-25(27(33)34)15-20-10-7-12-22(14-20)35-17-19-8-3-2-4-9-19/h2-14,24-25H,15-17H2,1H3,(H,29,31)(H,30,32)(H,33,34)/t24-,25+/m1/s1. The summed E-state index contributed by atoms with van der Waals surface area (Å²) in [5, 5.41) is 14.7. The summed E-state index contributed by atoms with van der Waals surface area (Å²) in [7, 11) is 0. The third-order valence-electron chi connectivity index (χ3n) is 5.28. The number of carbonyl (C=O) groups excluding carboxylic acids is 2. The minimum atomic E-state index is -1.26. The second-order valence-electron chi connectivity index (χ2n) is 8.07. The zero-order valence-corrected chi connectivity index (χ0v) is 19.2. The molecule has 7 nitrogen and oxygen atoms in total. The Morgan fingerprint density at radius 1 is 0.857 bits per heavy atom. The van der Waals surface area contributed by atoms with E-state index in [0.717, 1.165) is 5.56 Å². The van der Waals surface area contributed by atoms with Gasteiger partial charge in [-0.3, -0.25) is 9.59 Å². The number of hydrogen-bond donors (Lipinski definition) is 3. The molecule has 0 aromatic heterocycles. The number of aliphatic carboxylic acids is 1. The van der Waals surface area contributed by atoms with E-state index >= 15 is 0 Å². The van der Waals surface area contributed by atoms with Gasteiger partial charge in [0.1, 0.15) is 30.3 Å². The fourth-order valence-electron chi connectivity index (χ4n) is 3.55. The van der Waals surface area contributed by atoms with E-state index in [1.165, 1.54) is 25.1 Å². The summed E-state index contributed by atoms with van der Waals surface area (Å²) in [5.41, 5.74) is 1.87. The maximum absolute atomic E-state index is 14.1.